The van der Waals surface area contributed by atoms with Gasteiger partial charge in [-0.3, -0.25) is 14.5 Å². The number of nitrogens with zero attached hydrogens (tertiary/aromatic N) is 1. The van der Waals surface area contributed by atoms with E-state index in [0.717, 1.165) is 29.2 Å². The number of benzene rings is 1. The Morgan fingerprint density at radius 1 is 1.39 bits per heavy atom. The van der Waals surface area contributed by atoms with E-state index in [1.807, 2.05) is 30.3 Å². The van der Waals surface area contributed by atoms with E-state index in [1.165, 1.54) is 0 Å². The fourth-order valence-electron chi connectivity index (χ4n) is 2.68. The maximum absolute atomic E-state index is 12.3. The molecule has 1 saturated heterocycles. The van der Waals surface area contributed by atoms with Crippen molar-refractivity contribution in [1.29, 1.82) is 0 Å². The van der Waals surface area contributed by atoms with Gasteiger partial charge in [-0.15, -0.1) is 18.3 Å². The van der Waals surface area contributed by atoms with Crippen molar-refractivity contribution >= 4 is 29.3 Å². The molecule has 0 spiro atoms. The van der Waals surface area contributed by atoms with E-state index in [4.69, 9.17) is 0 Å². The number of hydrogen-bond donors (Lipinski definition) is 2. The summed E-state index contributed by atoms with van der Waals surface area (Å²) in [4.78, 5) is 26.3. The first-order valence-corrected chi connectivity index (χ1v) is 8.70. The minimum atomic E-state index is -0.848. The number of hydrogen-bond acceptors (Lipinski definition) is 4. The van der Waals surface area contributed by atoms with Gasteiger partial charge in [-0.2, -0.15) is 0 Å². The number of anilines is 1. The number of carboxylic acids is 1. The van der Waals surface area contributed by atoms with E-state index in [2.05, 4.69) is 11.9 Å². The van der Waals surface area contributed by atoms with Gasteiger partial charge in [-0.1, -0.05) is 24.6 Å². The molecule has 1 heterocycles. The number of rotatable bonds is 7. The highest BCUT2D eigenvalue weighted by molar-refractivity contribution is 7.99. The SMILES string of the molecule is C=CCSc1ccccc1NC(=O)CN1CCCCC1C(=O)O. The molecule has 1 aliphatic heterocycles. The molecule has 0 aliphatic carbocycles. The molecule has 1 amide bonds. The molecule has 1 fully saturated rings. The number of carbonyl (C=O) groups excluding carboxylic acids is 1. The number of carbonyl (C=O) groups is 2. The van der Waals surface area contributed by atoms with Gasteiger partial charge >= 0.3 is 5.97 Å². The first kappa shape index (κ1) is 17.6. The molecule has 23 heavy (non-hydrogen) atoms. The Morgan fingerprint density at radius 3 is 2.91 bits per heavy atom. The van der Waals surface area contributed by atoms with Gasteiger partial charge in [-0.05, 0) is 31.5 Å². The van der Waals surface area contributed by atoms with E-state index >= 15 is 0 Å². The second-order valence-electron chi connectivity index (χ2n) is 5.46. The largest absolute Gasteiger partial charge is 0.480 e. The lowest BCUT2D eigenvalue weighted by atomic mass is 10.0. The van der Waals surface area contributed by atoms with Crippen molar-refractivity contribution in [3.05, 3.63) is 36.9 Å². The summed E-state index contributed by atoms with van der Waals surface area (Å²) in [5.74, 6) is -0.260. The van der Waals surface area contributed by atoms with E-state index in [0.29, 0.717) is 13.0 Å². The van der Waals surface area contributed by atoms with Crippen molar-refractivity contribution in [2.24, 2.45) is 0 Å². The quantitative estimate of drug-likeness (QED) is 0.593. The maximum Gasteiger partial charge on any atom is 0.320 e. The van der Waals surface area contributed by atoms with Crippen molar-refractivity contribution in [3.8, 4) is 0 Å². The summed E-state index contributed by atoms with van der Waals surface area (Å²) in [7, 11) is 0. The number of thioether (sulfide) groups is 1. The molecule has 6 heteroatoms. The molecule has 0 saturated carbocycles. The second kappa shape index (κ2) is 8.74. The summed E-state index contributed by atoms with van der Waals surface area (Å²) in [6, 6.07) is 7.04. The summed E-state index contributed by atoms with van der Waals surface area (Å²) >= 11 is 1.60. The minimum absolute atomic E-state index is 0.109. The van der Waals surface area contributed by atoms with Crippen molar-refractivity contribution in [3.63, 3.8) is 0 Å². The van der Waals surface area contributed by atoms with Gasteiger partial charge in [-0.25, -0.2) is 0 Å². The average molecular weight is 334 g/mol. The third-order valence-corrected chi connectivity index (χ3v) is 4.83. The Balaban J connectivity index is 1.99. The van der Waals surface area contributed by atoms with E-state index in [-0.39, 0.29) is 12.5 Å². The van der Waals surface area contributed by atoms with Gasteiger partial charge in [0.05, 0.1) is 12.2 Å². The van der Waals surface area contributed by atoms with Crippen LogP contribution >= 0.6 is 11.8 Å². The minimum Gasteiger partial charge on any atom is -0.480 e. The second-order valence-corrected chi connectivity index (χ2v) is 6.53. The number of likely N-dealkylation sites (tertiary alicyclic amines) is 1. The van der Waals surface area contributed by atoms with Crippen LogP contribution in [0.2, 0.25) is 0 Å². The number of carboxylic acid groups (broad SMARTS) is 1. The molecule has 124 valence electrons. The number of para-hydroxylation sites is 1. The molecule has 5 nitrogen and oxygen atoms in total. The van der Waals surface area contributed by atoms with E-state index < -0.39 is 12.0 Å². The highest BCUT2D eigenvalue weighted by atomic mass is 32.2. The topological polar surface area (TPSA) is 69.6 Å². The maximum atomic E-state index is 12.3. The van der Waals surface area contributed by atoms with Crippen molar-refractivity contribution < 1.29 is 14.7 Å². The highest BCUT2D eigenvalue weighted by Gasteiger charge is 2.29. The lowest BCUT2D eigenvalue weighted by Gasteiger charge is -2.32. The molecule has 0 aromatic heterocycles. The first-order chi connectivity index (χ1) is 11.1. The van der Waals surface area contributed by atoms with Gasteiger partial charge in [0.2, 0.25) is 5.91 Å². The zero-order valence-electron chi connectivity index (χ0n) is 13.0. The van der Waals surface area contributed by atoms with Crippen molar-refractivity contribution in [2.45, 2.75) is 30.2 Å². The van der Waals surface area contributed by atoms with Crippen LogP contribution in [-0.4, -0.2) is 46.8 Å². The molecular weight excluding hydrogens is 312 g/mol. The van der Waals surface area contributed by atoms with Gasteiger partial charge in [0.1, 0.15) is 6.04 Å². The van der Waals surface area contributed by atoms with Crippen LogP contribution in [-0.2, 0) is 9.59 Å². The van der Waals surface area contributed by atoms with Crippen molar-refractivity contribution in [1.82, 2.24) is 4.90 Å². The summed E-state index contributed by atoms with van der Waals surface area (Å²) in [6.45, 7) is 4.46. The van der Waals surface area contributed by atoms with E-state index in [1.54, 1.807) is 16.7 Å². The molecule has 1 aromatic rings. The van der Waals surface area contributed by atoms with Gasteiger partial charge in [0.25, 0.3) is 0 Å². The fourth-order valence-corrected chi connectivity index (χ4v) is 3.43. The molecule has 2 N–H and O–H groups in total. The van der Waals surface area contributed by atoms with Crippen LogP contribution in [0.25, 0.3) is 0 Å². The Kier molecular flexibility index (Phi) is 6.67. The Hall–Kier alpha value is -1.79. The third-order valence-electron chi connectivity index (χ3n) is 3.76. The molecule has 1 atom stereocenters. The number of aliphatic carboxylic acids is 1. The van der Waals surface area contributed by atoms with Crippen LogP contribution < -0.4 is 5.32 Å². The van der Waals surface area contributed by atoms with Crippen LogP contribution in [0.4, 0.5) is 5.69 Å². The van der Waals surface area contributed by atoms with Crippen LogP contribution in [0.1, 0.15) is 19.3 Å². The normalized spacial score (nSPS) is 18.3. The predicted octanol–water partition coefficient (Wildman–Crippen LogP) is 2.84. The van der Waals surface area contributed by atoms with Crippen LogP contribution in [0.15, 0.2) is 41.8 Å². The van der Waals surface area contributed by atoms with Crippen molar-refractivity contribution in [2.75, 3.05) is 24.2 Å². The third kappa shape index (κ3) is 5.11. The fraction of sp³-hybridized carbons (Fsp3) is 0.412. The molecule has 1 unspecified atom stereocenters. The molecule has 0 bridgehead atoms. The Morgan fingerprint density at radius 2 is 2.17 bits per heavy atom. The Bertz CT molecular complexity index is 577. The van der Waals surface area contributed by atoms with Crippen LogP contribution in [0, 0.1) is 0 Å². The molecule has 1 aliphatic rings. The van der Waals surface area contributed by atoms with Crippen LogP contribution in [0.5, 0.6) is 0 Å². The molecule has 2 rings (SSSR count). The zero-order chi connectivity index (χ0) is 16.7. The van der Waals surface area contributed by atoms with E-state index in [9.17, 15) is 14.7 Å². The predicted molar refractivity (Wildman–Crippen MR) is 92.8 cm³/mol. The summed E-state index contributed by atoms with van der Waals surface area (Å²) in [5.41, 5.74) is 0.758. The number of amides is 1. The smallest absolute Gasteiger partial charge is 0.320 e. The Labute approximate surface area is 140 Å². The molecule has 0 radical (unpaired) electrons. The van der Waals surface area contributed by atoms with Gasteiger partial charge in [0.15, 0.2) is 0 Å². The van der Waals surface area contributed by atoms with Crippen LogP contribution in [0.3, 0.4) is 0 Å². The summed E-state index contributed by atoms with van der Waals surface area (Å²) in [6.07, 6.45) is 4.25. The van der Waals surface area contributed by atoms with Gasteiger partial charge < -0.3 is 10.4 Å². The molecule has 1 aromatic carbocycles. The lowest BCUT2D eigenvalue weighted by molar-refractivity contribution is -0.145. The van der Waals surface area contributed by atoms with Gasteiger partial charge in [0, 0.05) is 10.6 Å². The first-order valence-electron chi connectivity index (χ1n) is 7.71. The number of piperidine rings is 1. The number of nitrogens with one attached hydrogen (secondary N) is 1. The lowest BCUT2D eigenvalue weighted by Crippen LogP contribution is -2.47. The molecular formula is C17H22N2O3S. The summed E-state index contributed by atoms with van der Waals surface area (Å²) in [5, 5.41) is 12.2. The average Bonchev–Trinajstić information content (AvgIpc) is 2.54. The summed E-state index contributed by atoms with van der Waals surface area (Å²) < 4.78 is 0. The highest BCUT2D eigenvalue weighted by Crippen LogP contribution is 2.27. The monoisotopic (exact) mass is 334 g/mol. The zero-order valence-corrected chi connectivity index (χ0v) is 13.8. The standard InChI is InChI=1S/C17H22N2O3S/c1-2-11-23-15-9-4-3-7-13(15)18-16(20)12-19-10-6-5-8-14(19)17(21)22/h2-4,7,9,14H,1,5-6,8,10-12H2,(H,18,20)(H,21,22).